The van der Waals surface area contributed by atoms with Crippen molar-refractivity contribution in [3.63, 3.8) is 0 Å². The highest BCUT2D eigenvalue weighted by Gasteiger charge is 2.51. The van der Waals surface area contributed by atoms with Gasteiger partial charge in [-0.15, -0.1) is 0 Å². The lowest BCUT2D eigenvalue weighted by Gasteiger charge is -2.42. The molecule has 0 bridgehead atoms. The molecule has 43 heavy (non-hydrogen) atoms. The lowest BCUT2D eigenvalue weighted by Crippen LogP contribution is -2.53. The predicted molar refractivity (Wildman–Crippen MR) is 140 cm³/mol. The van der Waals surface area contributed by atoms with Crippen LogP contribution in [0.25, 0.3) is 0 Å². The maximum atomic E-state index is 12.5. The Bertz CT molecular complexity index is 1140. The van der Waals surface area contributed by atoms with Crippen LogP contribution in [0.1, 0.15) is 13.8 Å². The molecule has 0 amide bonds. The number of aliphatic hydroxyl groups excluding tert-OH is 4. The van der Waals surface area contributed by atoms with E-state index in [0.29, 0.717) is 0 Å². The summed E-state index contributed by atoms with van der Waals surface area (Å²) in [5, 5.41) is 38.5. The molecule has 0 spiro atoms. The summed E-state index contributed by atoms with van der Waals surface area (Å²) >= 11 is 0. The smallest absolute Gasteiger partial charge is 0.396 e. The number of phosphoric ester groups is 2. The van der Waals surface area contributed by atoms with Crippen LogP contribution in [0.15, 0.2) is 0 Å². The zero-order chi connectivity index (χ0) is 34.4. The summed E-state index contributed by atoms with van der Waals surface area (Å²) in [6.45, 7) is -6.92. The summed E-state index contributed by atoms with van der Waals surface area (Å²) in [5.41, 5.74) is -6.71. The normalized spacial score (nSPS) is 20.8. The second kappa shape index (κ2) is 15.7. The van der Waals surface area contributed by atoms with Crippen molar-refractivity contribution in [1.29, 1.82) is 0 Å². The van der Waals surface area contributed by atoms with Gasteiger partial charge in [0.25, 0.3) is 0 Å². The van der Waals surface area contributed by atoms with Crippen molar-refractivity contribution >= 4 is 46.0 Å². The molecule has 0 saturated heterocycles. The van der Waals surface area contributed by atoms with Crippen LogP contribution in [-0.4, -0.2) is 123 Å². The average Bonchev–Trinajstić information content (AvgIpc) is 2.75. The monoisotopic (exact) mass is 758 g/mol. The van der Waals surface area contributed by atoms with Gasteiger partial charge in [0.15, 0.2) is 11.8 Å². The number of rotatable bonds is 22. The van der Waals surface area contributed by atoms with E-state index >= 15 is 0 Å². The molecule has 4 unspecified atom stereocenters. The van der Waals surface area contributed by atoms with Gasteiger partial charge < -0.3 is 68.6 Å². The lowest BCUT2D eigenvalue weighted by atomic mass is 9.76. The van der Waals surface area contributed by atoms with Gasteiger partial charge in [0.2, 0.25) is 0 Å². The summed E-state index contributed by atoms with van der Waals surface area (Å²) in [4.78, 5) is 75.1. The van der Waals surface area contributed by atoms with E-state index in [1.165, 1.54) is 0 Å². The third-order valence-electron chi connectivity index (χ3n) is 5.48. The molecule has 260 valence electrons. The molecule has 29 heteroatoms. The van der Waals surface area contributed by atoms with Gasteiger partial charge in [-0.3, -0.25) is 27.3 Å². The van der Waals surface area contributed by atoms with Crippen LogP contribution < -0.4 is 0 Å². The highest BCUT2D eigenvalue weighted by atomic mass is 31.3. The zero-order valence-corrected chi connectivity index (χ0v) is 27.8. The van der Waals surface area contributed by atoms with E-state index in [4.69, 9.17) is 24.1 Å². The Balaban J connectivity index is 6.12. The van der Waals surface area contributed by atoms with E-state index in [0.717, 1.165) is 13.8 Å². The fraction of sp³-hybridized carbons (Fsp3) is 1.00. The third kappa shape index (κ3) is 15.9. The quantitative estimate of drug-likeness (QED) is 0.0567. The van der Waals surface area contributed by atoms with Crippen LogP contribution in [0.2, 0.25) is 0 Å². The van der Waals surface area contributed by atoms with Gasteiger partial charge in [0.05, 0.1) is 62.7 Å². The molecular weight excluding hydrogens is 722 g/mol. The first-order valence-electron chi connectivity index (χ1n) is 11.1. The fourth-order valence-corrected chi connectivity index (χ4v) is 10.7. The van der Waals surface area contributed by atoms with Crippen molar-refractivity contribution in [1.82, 2.24) is 0 Å². The summed E-state index contributed by atoms with van der Waals surface area (Å²) in [5.74, 6) is -3.56. The zero-order valence-electron chi connectivity index (χ0n) is 22.4. The van der Waals surface area contributed by atoms with Crippen LogP contribution in [0, 0.1) is 10.8 Å². The second-order valence-electron chi connectivity index (χ2n) is 9.74. The van der Waals surface area contributed by atoms with Crippen molar-refractivity contribution in [3.8, 4) is 0 Å². The van der Waals surface area contributed by atoms with Crippen LogP contribution >= 0.6 is 46.0 Å². The van der Waals surface area contributed by atoms with E-state index < -0.39 is 121 Å². The molecule has 0 fully saturated rings. The molecule has 12 N–H and O–H groups in total. The van der Waals surface area contributed by atoms with Crippen LogP contribution in [0.5, 0.6) is 0 Å². The molecule has 0 aliphatic carbocycles. The molecule has 0 aromatic heterocycles. The Morgan fingerprint density at radius 2 is 0.884 bits per heavy atom. The van der Waals surface area contributed by atoms with E-state index in [1.54, 1.807) is 0 Å². The minimum atomic E-state index is -5.84. The molecule has 0 heterocycles. The van der Waals surface area contributed by atoms with Gasteiger partial charge in [0.1, 0.15) is 0 Å². The Morgan fingerprint density at radius 1 is 0.535 bits per heavy atom. The van der Waals surface area contributed by atoms with Crippen LogP contribution in [0.4, 0.5) is 0 Å². The molecular formula is C14H36O23P6. The van der Waals surface area contributed by atoms with E-state index in [1.807, 2.05) is 0 Å². The molecule has 0 radical (unpaired) electrons. The van der Waals surface area contributed by atoms with Crippen LogP contribution in [-0.2, 0) is 49.8 Å². The SMILES string of the molecule is CC(C)(OP(=O)(O)OP(=O)(O)OCC(CO)(COP(=O)(O)CP(=O)(O)O)COP(=O)(O)CP(=O)(O)O)C(CO)(CO)CO. The molecule has 0 aliphatic heterocycles. The molecule has 4 atom stereocenters. The van der Waals surface area contributed by atoms with Crippen LogP contribution in [0.3, 0.4) is 0 Å². The number of hydrogen-bond donors (Lipinski definition) is 12. The molecule has 0 aromatic carbocycles. The number of hydrogen-bond acceptors (Lipinski definition) is 15. The van der Waals surface area contributed by atoms with E-state index in [-0.39, 0.29) is 0 Å². The van der Waals surface area contributed by atoms with Gasteiger partial charge >= 0.3 is 46.0 Å². The van der Waals surface area contributed by atoms with Gasteiger partial charge in [-0.25, -0.2) is 9.13 Å². The summed E-state index contributed by atoms with van der Waals surface area (Å²) in [6.07, 6.45) is 0. The summed E-state index contributed by atoms with van der Waals surface area (Å²) in [6, 6.07) is 0. The van der Waals surface area contributed by atoms with E-state index in [2.05, 4.69) is 17.9 Å². The first kappa shape index (κ1) is 43.7. The highest BCUT2D eigenvalue weighted by Crippen LogP contribution is 2.64. The Kier molecular flexibility index (Phi) is 16.0. The van der Waals surface area contributed by atoms with Gasteiger partial charge in [-0.2, -0.15) is 4.31 Å². The van der Waals surface area contributed by atoms with Gasteiger partial charge in [-0.1, -0.05) is 0 Å². The van der Waals surface area contributed by atoms with Crippen molar-refractivity contribution in [3.05, 3.63) is 0 Å². The molecule has 0 aromatic rings. The summed E-state index contributed by atoms with van der Waals surface area (Å²) in [7, 11) is -32.5. The van der Waals surface area contributed by atoms with Crippen molar-refractivity contribution in [2.45, 2.75) is 19.4 Å². The summed E-state index contributed by atoms with van der Waals surface area (Å²) < 4.78 is 93.6. The first-order chi connectivity index (χ1) is 18.9. The maximum Gasteiger partial charge on any atom is 0.481 e. The third-order valence-corrected chi connectivity index (χ3v) is 15.1. The predicted octanol–water partition coefficient (Wildman–Crippen LogP) is -1.37. The first-order valence-corrected chi connectivity index (χ1v) is 21.2. The average molecular weight is 758 g/mol. The van der Waals surface area contributed by atoms with Crippen molar-refractivity contribution < 1.29 is 109 Å². The lowest BCUT2D eigenvalue weighted by molar-refractivity contribution is -0.126. The minimum absolute atomic E-state index is 0.978. The molecule has 0 aliphatic rings. The minimum Gasteiger partial charge on any atom is -0.396 e. The highest BCUT2D eigenvalue weighted by molar-refractivity contribution is 7.70. The van der Waals surface area contributed by atoms with Crippen molar-refractivity contribution in [2.24, 2.45) is 10.8 Å². The largest absolute Gasteiger partial charge is 0.481 e. The fourth-order valence-electron chi connectivity index (χ4n) is 2.78. The number of aliphatic hydroxyl groups is 4. The topological polar surface area (TPSA) is 391 Å². The Labute approximate surface area is 244 Å². The van der Waals surface area contributed by atoms with Crippen molar-refractivity contribution in [2.75, 3.05) is 58.1 Å². The molecule has 23 nitrogen and oxygen atoms in total. The molecule has 0 saturated carbocycles. The van der Waals surface area contributed by atoms with E-state index in [9.17, 15) is 67.4 Å². The Hall–Kier alpha value is 0.700. The number of phosphoric acid groups is 2. The van der Waals surface area contributed by atoms with Gasteiger partial charge in [0, 0.05) is 0 Å². The standard InChI is InChI=1S/C14H36O23P6/c1-12(2,14(4-16,5-17)6-18)36-43(31,32)37-42(29,30)35-9-13(3-15,7-33-40(25,26)10-38(19,20)21)8-34-41(27,28)11-39(22,23)24/h15-18H,3-11H2,1-2H3,(H,25,26)(H,27,28)(H,29,30)(H,31,32)(H2,19,20,21)(H2,22,23,24). The maximum absolute atomic E-state index is 12.5. The van der Waals surface area contributed by atoms with Gasteiger partial charge in [-0.05, 0) is 13.8 Å². The second-order valence-corrected chi connectivity index (χ2v) is 20.7. The molecule has 0 rings (SSSR count). The Morgan fingerprint density at radius 3 is 1.19 bits per heavy atom.